The molecule has 0 aliphatic rings. The van der Waals surface area contributed by atoms with Gasteiger partial charge in [-0.3, -0.25) is 4.79 Å². The average molecular weight is 456 g/mol. The minimum atomic E-state index is -4.66. The first-order valence-corrected chi connectivity index (χ1v) is 10.0. The fourth-order valence-electron chi connectivity index (χ4n) is 2.77. The quantitative estimate of drug-likeness (QED) is 0.468. The van der Waals surface area contributed by atoms with Crippen LogP contribution < -0.4 is 5.32 Å². The fraction of sp³-hybridized carbons (Fsp3) is 0.250. The first-order chi connectivity index (χ1) is 14.0. The third-order valence-electron chi connectivity index (χ3n) is 4.07. The summed E-state index contributed by atoms with van der Waals surface area (Å²) in [5.41, 5.74) is 1.43. The van der Waals surface area contributed by atoms with Gasteiger partial charge in [0, 0.05) is 10.6 Å². The number of hydrogen-bond donors (Lipinski definition) is 1. The number of aryl methyl sites for hydroxylation is 2. The standard InChI is InChI=1S/C20H17ClF3N3O2S/c1-10-6-11(2)8-13(7-10)18-26-27-19(29-18)30-12(3)17(28)25-16-5-4-14(21)9-15(16)20(22,23)24/h4-9,12H,1-3H3,(H,25,28). The summed E-state index contributed by atoms with van der Waals surface area (Å²) in [6, 6.07) is 8.95. The van der Waals surface area contributed by atoms with Crippen LogP contribution in [0.25, 0.3) is 11.5 Å². The maximum absolute atomic E-state index is 13.2. The van der Waals surface area contributed by atoms with E-state index in [1.807, 2.05) is 32.0 Å². The van der Waals surface area contributed by atoms with Gasteiger partial charge in [0.1, 0.15) is 0 Å². The largest absolute Gasteiger partial charge is 0.418 e. The molecule has 3 aromatic rings. The van der Waals surface area contributed by atoms with Gasteiger partial charge in [0.2, 0.25) is 11.8 Å². The van der Waals surface area contributed by atoms with Gasteiger partial charge < -0.3 is 9.73 Å². The van der Waals surface area contributed by atoms with Gasteiger partial charge in [-0.2, -0.15) is 13.2 Å². The fourth-order valence-corrected chi connectivity index (χ4v) is 3.63. The number of aromatic nitrogens is 2. The Labute approximate surface area is 180 Å². The molecule has 0 saturated heterocycles. The van der Waals surface area contributed by atoms with Crippen LogP contribution >= 0.6 is 23.4 Å². The Morgan fingerprint density at radius 2 is 1.80 bits per heavy atom. The van der Waals surface area contributed by atoms with Crippen LogP contribution in [-0.2, 0) is 11.0 Å². The van der Waals surface area contributed by atoms with Crippen molar-refractivity contribution in [2.75, 3.05) is 5.32 Å². The van der Waals surface area contributed by atoms with E-state index in [1.165, 1.54) is 13.0 Å². The zero-order valence-corrected chi connectivity index (χ0v) is 17.7. The van der Waals surface area contributed by atoms with Crippen molar-refractivity contribution in [2.24, 2.45) is 0 Å². The molecule has 1 atom stereocenters. The van der Waals surface area contributed by atoms with Crippen molar-refractivity contribution in [3.05, 3.63) is 58.1 Å². The molecule has 1 aromatic heterocycles. The van der Waals surface area contributed by atoms with Crippen LogP contribution in [0.5, 0.6) is 0 Å². The molecule has 30 heavy (non-hydrogen) atoms. The summed E-state index contributed by atoms with van der Waals surface area (Å²) in [6.07, 6.45) is -4.66. The molecule has 0 saturated carbocycles. The van der Waals surface area contributed by atoms with Crippen molar-refractivity contribution in [1.82, 2.24) is 10.2 Å². The summed E-state index contributed by atoms with van der Waals surface area (Å²) in [6.45, 7) is 5.42. The molecule has 0 radical (unpaired) electrons. The van der Waals surface area contributed by atoms with Crippen LogP contribution in [0.4, 0.5) is 18.9 Å². The second-order valence-corrected chi connectivity index (χ2v) is 8.41. The van der Waals surface area contributed by atoms with E-state index in [0.717, 1.165) is 40.6 Å². The van der Waals surface area contributed by atoms with Crippen LogP contribution in [-0.4, -0.2) is 21.4 Å². The summed E-state index contributed by atoms with van der Waals surface area (Å²) >= 11 is 6.61. The second-order valence-electron chi connectivity index (χ2n) is 6.69. The van der Waals surface area contributed by atoms with Crippen molar-refractivity contribution in [3.8, 4) is 11.5 Å². The lowest BCUT2D eigenvalue weighted by Gasteiger charge is -2.15. The maximum Gasteiger partial charge on any atom is 0.418 e. The second kappa shape index (κ2) is 8.69. The number of rotatable bonds is 5. The lowest BCUT2D eigenvalue weighted by atomic mass is 10.1. The topological polar surface area (TPSA) is 68.0 Å². The number of hydrogen-bond acceptors (Lipinski definition) is 5. The van der Waals surface area contributed by atoms with Crippen LogP contribution in [0.15, 0.2) is 46.0 Å². The van der Waals surface area contributed by atoms with Crippen molar-refractivity contribution in [1.29, 1.82) is 0 Å². The zero-order chi connectivity index (χ0) is 22.1. The third kappa shape index (κ3) is 5.34. The number of nitrogens with one attached hydrogen (secondary N) is 1. The predicted molar refractivity (Wildman–Crippen MR) is 110 cm³/mol. The molecule has 5 nitrogen and oxygen atoms in total. The van der Waals surface area contributed by atoms with Crippen LogP contribution in [0.2, 0.25) is 5.02 Å². The molecule has 2 aromatic carbocycles. The van der Waals surface area contributed by atoms with Gasteiger partial charge in [0.05, 0.1) is 16.5 Å². The Bertz CT molecular complexity index is 1070. The van der Waals surface area contributed by atoms with Crippen LogP contribution in [0.3, 0.4) is 0 Å². The molecule has 0 aliphatic heterocycles. The highest BCUT2D eigenvalue weighted by atomic mass is 35.5. The van der Waals surface area contributed by atoms with Crippen LogP contribution in [0, 0.1) is 13.8 Å². The van der Waals surface area contributed by atoms with E-state index in [0.29, 0.717) is 5.89 Å². The van der Waals surface area contributed by atoms with Gasteiger partial charge in [-0.15, -0.1) is 10.2 Å². The van der Waals surface area contributed by atoms with Gasteiger partial charge >= 0.3 is 6.18 Å². The van der Waals surface area contributed by atoms with Gasteiger partial charge in [-0.05, 0) is 51.1 Å². The number of nitrogens with zero attached hydrogens (tertiary/aromatic N) is 2. The summed E-state index contributed by atoms with van der Waals surface area (Å²) in [5, 5.41) is 9.48. The van der Waals surface area contributed by atoms with E-state index in [2.05, 4.69) is 15.5 Å². The molecule has 1 unspecified atom stereocenters. The predicted octanol–water partition coefficient (Wildman–Crippen LogP) is 6.14. The highest BCUT2D eigenvalue weighted by Crippen LogP contribution is 2.37. The normalized spacial score (nSPS) is 12.6. The number of benzene rings is 2. The van der Waals surface area contributed by atoms with Gasteiger partial charge in [0.15, 0.2) is 0 Å². The molecule has 0 bridgehead atoms. The van der Waals surface area contributed by atoms with E-state index in [-0.39, 0.29) is 15.9 Å². The minimum absolute atomic E-state index is 0.0764. The molecule has 0 aliphatic carbocycles. The van der Waals surface area contributed by atoms with E-state index in [4.69, 9.17) is 16.0 Å². The van der Waals surface area contributed by atoms with Gasteiger partial charge in [-0.25, -0.2) is 0 Å². The monoisotopic (exact) mass is 455 g/mol. The maximum atomic E-state index is 13.2. The molecule has 0 spiro atoms. The van der Waals surface area contributed by atoms with E-state index >= 15 is 0 Å². The van der Waals surface area contributed by atoms with Crippen molar-refractivity contribution in [2.45, 2.75) is 37.4 Å². The number of thioether (sulfide) groups is 1. The minimum Gasteiger partial charge on any atom is -0.411 e. The summed E-state index contributed by atoms with van der Waals surface area (Å²) in [5.74, 6) is -0.340. The molecular formula is C20H17ClF3N3O2S. The van der Waals surface area contributed by atoms with Crippen molar-refractivity contribution in [3.63, 3.8) is 0 Å². The third-order valence-corrected chi connectivity index (χ3v) is 5.24. The number of amides is 1. The first kappa shape index (κ1) is 22.2. The molecule has 1 heterocycles. The van der Waals surface area contributed by atoms with Crippen LogP contribution in [0.1, 0.15) is 23.6 Å². The Hall–Kier alpha value is -2.52. The van der Waals surface area contributed by atoms with Gasteiger partial charge in [-0.1, -0.05) is 40.6 Å². The smallest absolute Gasteiger partial charge is 0.411 e. The molecule has 1 amide bonds. The molecule has 10 heteroatoms. The molecule has 1 N–H and O–H groups in total. The number of alkyl halides is 3. The zero-order valence-electron chi connectivity index (χ0n) is 16.2. The lowest BCUT2D eigenvalue weighted by molar-refractivity contribution is -0.137. The Morgan fingerprint density at radius 3 is 2.43 bits per heavy atom. The van der Waals surface area contributed by atoms with Crippen molar-refractivity contribution >= 4 is 35.0 Å². The summed E-state index contributed by atoms with van der Waals surface area (Å²) in [7, 11) is 0. The highest BCUT2D eigenvalue weighted by molar-refractivity contribution is 8.00. The van der Waals surface area contributed by atoms with Crippen molar-refractivity contribution < 1.29 is 22.4 Å². The first-order valence-electron chi connectivity index (χ1n) is 8.79. The van der Waals surface area contributed by atoms with E-state index in [9.17, 15) is 18.0 Å². The van der Waals surface area contributed by atoms with E-state index in [1.54, 1.807) is 0 Å². The number of anilines is 1. The SMILES string of the molecule is Cc1cc(C)cc(-c2nnc(SC(C)C(=O)Nc3ccc(Cl)cc3C(F)(F)F)o2)c1. The Balaban J connectivity index is 1.72. The molecule has 3 rings (SSSR count). The Kier molecular flexibility index (Phi) is 6.42. The number of carbonyl (C=O) groups excluding carboxylic acids is 1. The summed E-state index contributed by atoms with van der Waals surface area (Å²) in [4.78, 5) is 12.4. The van der Waals surface area contributed by atoms with Gasteiger partial charge in [0.25, 0.3) is 5.22 Å². The number of halogens is 4. The lowest BCUT2D eigenvalue weighted by Crippen LogP contribution is -2.24. The molecular weight excluding hydrogens is 439 g/mol. The Morgan fingerprint density at radius 1 is 1.13 bits per heavy atom. The summed E-state index contributed by atoms with van der Waals surface area (Å²) < 4.78 is 45.2. The highest BCUT2D eigenvalue weighted by Gasteiger charge is 2.34. The average Bonchev–Trinajstić information content (AvgIpc) is 3.10. The molecule has 158 valence electrons. The molecule has 0 fully saturated rings. The van der Waals surface area contributed by atoms with E-state index < -0.39 is 22.9 Å². The number of carbonyl (C=O) groups is 1.